The normalized spacial score (nSPS) is 30.8. The highest BCUT2D eigenvalue weighted by Gasteiger charge is 2.38. The van der Waals surface area contributed by atoms with E-state index in [-0.39, 0.29) is 12.0 Å². The number of aliphatic hydroxyl groups is 1. The van der Waals surface area contributed by atoms with Gasteiger partial charge in [0.2, 0.25) is 5.95 Å². The molecule has 20 heavy (non-hydrogen) atoms. The molecule has 0 bridgehead atoms. The Kier molecular flexibility index (Phi) is 3.89. The van der Waals surface area contributed by atoms with Crippen LogP contribution in [0.2, 0.25) is 0 Å². The summed E-state index contributed by atoms with van der Waals surface area (Å²) in [5, 5.41) is 10.2. The average Bonchev–Trinajstić information content (AvgIpc) is 2.91. The lowest BCUT2D eigenvalue weighted by Crippen LogP contribution is -2.46. The van der Waals surface area contributed by atoms with Gasteiger partial charge in [-0.25, -0.2) is 9.97 Å². The van der Waals surface area contributed by atoms with Crippen molar-refractivity contribution >= 4 is 5.95 Å². The SMILES string of the molecule is Cc1cnc(N2CCC[C@@H]2[C@H]2COCC[C@@H]2O)nc1C. The monoisotopic (exact) mass is 277 g/mol. The van der Waals surface area contributed by atoms with Crippen LogP contribution in [0.25, 0.3) is 0 Å². The Balaban J connectivity index is 1.82. The zero-order chi connectivity index (χ0) is 14.1. The van der Waals surface area contributed by atoms with E-state index in [2.05, 4.69) is 14.9 Å². The highest BCUT2D eigenvalue weighted by atomic mass is 16.5. The Bertz CT molecular complexity index is 480. The minimum atomic E-state index is -0.263. The lowest BCUT2D eigenvalue weighted by atomic mass is 9.89. The highest BCUT2D eigenvalue weighted by molar-refractivity contribution is 5.36. The summed E-state index contributed by atoms with van der Waals surface area (Å²) in [5.74, 6) is 0.977. The van der Waals surface area contributed by atoms with Crippen LogP contribution in [0.15, 0.2) is 6.20 Å². The fraction of sp³-hybridized carbons (Fsp3) is 0.733. The third kappa shape index (κ3) is 2.52. The topological polar surface area (TPSA) is 58.5 Å². The van der Waals surface area contributed by atoms with E-state index >= 15 is 0 Å². The van der Waals surface area contributed by atoms with E-state index in [1.807, 2.05) is 20.0 Å². The lowest BCUT2D eigenvalue weighted by molar-refractivity contribution is -0.0438. The molecule has 0 aromatic carbocycles. The summed E-state index contributed by atoms with van der Waals surface area (Å²) in [6.07, 6.45) is 4.58. The van der Waals surface area contributed by atoms with E-state index in [1.165, 1.54) is 0 Å². The van der Waals surface area contributed by atoms with Crippen LogP contribution in [0.5, 0.6) is 0 Å². The van der Waals surface area contributed by atoms with Crippen LogP contribution in [0.3, 0.4) is 0 Å². The zero-order valence-electron chi connectivity index (χ0n) is 12.2. The van der Waals surface area contributed by atoms with Gasteiger partial charge in [0.25, 0.3) is 0 Å². The molecule has 0 aliphatic carbocycles. The van der Waals surface area contributed by atoms with Crippen molar-refractivity contribution < 1.29 is 9.84 Å². The number of nitrogens with zero attached hydrogens (tertiary/aromatic N) is 3. The summed E-state index contributed by atoms with van der Waals surface area (Å²) >= 11 is 0. The van der Waals surface area contributed by atoms with E-state index in [1.54, 1.807) is 0 Å². The number of aromatic nitrogens is 2. The van der Waals surface area contributed by atoms with Crippen molar-refractivity contribution in [3.8, 4) is 0 Å². The Hall–Kier alpha value is -1.20. The number of hydrogen-bond donors (Lipinski definition) is 1. The van der Waals surface area contributed by atoms with Crippen LogP contribution in [-0.2, 0) is 4.74 Å². The fourth-order valence-corrected chi connectivity index (χ4v) is 3.26. The summed E-state index contributed by atoms with van der Waals surface area (Å²) in [5.41, 5.74) is 2.15. The molecule has 2 fully saturated rings. The van der Waals surface area contributed by atoms with Crippen molar-refractivity contribution in [3.05, 3.63) is 17.5 Å². The van der Waals surface area contributed by atoms with Crippen molar-refractivity contribution in [3.63, 3.8) is 0 Å². The van der Waals surface area contributed by atoms with Crippen LogP contribution >= 0.6 is 0 Å². The molecule has 3 rings (SSSR count). The maximum atomic E-state index is 10.2. The average molecular weight is 277 g/mol. The van der Waals surface area contributed by atoms with Gasteiger partial charge in [-0.1, -0.05) is 0 Å². The first-order chi connectivity index (χ1) is 9.66. The van der Waals surface area contributed by atoms with Crippen LogP contribution in [0.1, 0.15) is 30.5 Å². The number of anilines is 1. The van der Waals surface area contributed by atoms with Gasteiger partial charge in [0.1, 0.15) is 0 Å². The number of aryl methyl sites for hydroxylation is 2. The van der Waals surface area contributed by atoms with Gasteiger partial charge in [-0.15, -0.1) is 0 Å². The summed E-state index contributed by atoms with van der Waals surface area (Å²) in [6.45, 7) is 6.33. The standard InChI is InChI=1S/C15H23N3O2/c1-10-8-16-15(17-11(10)2)18-6-3-4-13(18)12-9-20-7-5-14(12)19/h8,12-14,19H,3-7,9H2,1-2H3/t12-,13-,14+/m1/s1. The first-order valence-corrected chi connectivity index (χ1v) is 7.49. The minimum Gasteiger partial charge on any atom is -0.393 e. The second-order valence-electron chi connectivity index (χ2n) is 5.94. The molecule has 110 valence electrons. The molecule has 0 amide bonds. The highest BCUT2D eigenvalue weighted by Crippen LogP contribution is 2.32. The fourth-order valence-electron chi connectivity index (χ4n) is 3.26. The number of aliphatic hydroxyl groups excluding tert-OH is 1. The van der Waals surface area contributed by atoms with Crippen molar-refractivity contribution in [2.75, 3.05) is 24.7 Å². The molecule has 2 aliphatic rings. The molecule has 0 radical (unpaired) electrons. The summed E-state index contributed by atoms with van der Waals surface area (Å²) in [7, 11) is 0. The van der Waals surface area contributed by atoms with Gasteiger partial charge in [0.15, 0.2) is 0 Å². The Morgan fingerprint density at radius 2 is 2.20 bits per heavy atom. The van der Waals surface area contributed by atoms with Gasteiger partial charge in [0.05, 0.1) is 12.7 Å². The van der Waals surface area contributed by atoms with E-state index in [0.29, 0.717) is 19.3 Å². The molecule has 0 unspecified atom stereocenters. The molecule has 3 atom stereocenters. The van der Waals surface area contributed by atoms with Gasteiger partial charge >= 0.3 is 0 Å². The van der Waals surface area contributed by atoms with Crippen molar-refractivity contribution in [1.82, 2.24) is 9.97 Å². The second kappa shape index (κ2) is 5.66. The first-order valence-electron chi connectivity index (χ1n) is 7.49. The van der Waals surface area contributed by atoms with E-state index in [0.717, 1.165) is 43.0 Å². The predicted octanol–water partition coefficient (Wildman–Crippen LogP) is 1.46. The van der Waals surface area contributed by atoms with Crippen molar-refractivity contribution in [2.45, 2.75) is 45.3 Å². The molecule has 0 spiro atoms. The molecule has 2 saturated heterocycles. The number of hydrogen-bond acceptors (Lipinski definition) is 5. The summed E-state index contributed by atoms with van der Waals surface area (Å²) < 4.78 is 5.56. The van der Waals surface area contributed by atoms with E-state index in [4.69, 9.17) is 4.74 Å². The van der Waals surface area contributed by atoms with Gasteiger partial charge in [-0.2, -0.15) is 0 Å². The maximum Gasteiger partial charge on any atom is 0.225 e. The lowest BCUT2D eigenvalue weighted by Gasteiger charge is -2.37. The Labute approximate surface area is 120 Å². The Morgan fingerprint density at radius 3 is 2.95 bits per heavy atom. The molecule has 2 aliphatic heterocycles. The van der Waals surface area contributed by atoms with Crippen molar-refractivity contribution in [1.29, 1.82) is 0 Å². The van der Waals surface area contributed by atoms with Crippen LogP contribution in [-0.4, -0.2) is 47.0 Å². The molecule has 0 saturated carbocycles. The third-order valence-corrected chi connectivity index (χ3v) is 4.62. The third-order valence-electron chi connectivity index (χ3n) is 4.62. The Morgan fingerprint density at radius 1 is 1.35 bits per heavy atom. The van der Waals surface area contributed by atoms with E-state index in [9.17, 15) is 5.11 Å². The summed E-state index contributed by atoms with van der Waals surface area (Å²) in [6, 6.07) is 0.299. The van der Waals surface area contributed by atoms with Gasteiger partial charge < -0.3 is 14.7 Å². The van der Waals surface area contributed by atoms with Gasteiger partial charge in [-0.05, 0) is 38.7 Å². The largest absolute Gasteiger partial charge is 0.393 e. The molecule has 3 heterocycles. The van der Waals surface area contributed by atoms with Crippen molar-refractivity contribution in [2.24, 2.45) is 5.92 Å². The molecule has 5 heteroatoms. The molecule has 1 N–H and O–H groups in total. The smallest absolute Gasteiger partial charge is 0.225 e. The van der Waals surface area contributed by atoms with Gasteiger partial charge in [-0.3, -0.25) is 0 Å². The molecule has 5 nitrogen and oxygen atoms in total. The first kappa shape index (κ1) is 13.8. The molecule has 1 aromatic heterocycles. The second-order valence-corrected chi connectivity index (χ2v) is 5.94. The molecular formula is C15H23N3O2. The molecular weight excluding hydrogens is 254 g/mol. The van der Waals surface area contributed by atoms with Crippen LogP contribution in [0, 0.1) is 19.8 Å². The predicted molar refractivity (Wildman–Crippen MR) is 76.8 cm³/mol. The minimum absolute atomic E-state index is 0.177. The number of rotatable bonds is 2. The zero-order valence-corrected chi connectivity index (χ0v) is 12.2. The molecule has 1 aromatic rings. The van der Waals surface area contributed by atoms with Crippen LogP contribution < -0.4 is 4.90 Å². The maximum absolute atomic E-state index is 10.2. The van der Waals surface area contributed by atoms with Crippen LogP contribution in [0.4, 0.5) is 5.95 Å². The quantitative estimate of drug-likeness (QED) is 0.887. The number of ether oxygens (including phenoxy) is 1. The van der Waals surface area contributed by atoms with E-state index < -0.39 is 0 Å². The summed E-state index contributed by atoms with van der Waals surface area (Å²) in [4.78, 5) is 11.4. The van der Waals surface area contributed by atoms with Gasteiger partial charge in [0, 0.05) is 37.0 Å².